The zero-order valence-corrected chi connectivity index (χ0v) is 12.3. The lowest BCUT2D eigenvalue weighted by Gasteiger charge is -2.10. The molecule has 0 radical (unpaired) electrons. The second kappa shape index (κ2) is 5.92. The summed E-state index contributed by atoms with van der Waals surface area (Å²) in [6.45, 7) is 6.12. The summed E-state index contributed by atoms with van der Waals surface area (Å²) in [5, 5.41) is 6.06. The summed E-state index contributed by atoms with van der Waals surface area (Å²) < 4.78 is 0. The minimum absolute atomic E-state index is 0.232. The molecule has 0 aliphatic carbocycles. The van der Waals surface area contributed by atoms with E-state index in [1.54, 1.807) is 0 Å². The van der Waals surface area contributed by atoms with Crippen LogP contribution in [0.4, 0.5) is 10.1 Å². The number of thiazole rings is 1. The minimum atomic E-state index is -0.232. The van der Waals surface area contributed by atoms with Gasteiger partial charge in [-0.2, -0.15) is 0 Å². The van der Waals surface area contributed by atoms with Gasteiger partial charge >= 0.3 is 0 Å². The van der Waals surface area contributed by atoms with Gasteiger partial charge in [-0.25, -0.2) is 4.98 Å². The molecule has 104 valence electrons. The fraction of sp³-hybridized carbons (Fsp3) is 0.286. The van der Waals surface area contributed by atoms with Gasteiger partial charge in [0.15, 0.2) is 10.1 Å². The molecule has 0 unspecified atom stereocenters. The Balaban J connectivity index is 2.18. The number of carbonyl (C=O) groups excluding carboxylic acids is 1. The van der Waals surface area contributed by atoms with Gasteiger partial charge in [0.1, 0.15) is 0 Å². The lowest BCUT2D eigenvalue weighted by Crippen LogP contribution is -2.13. The van der Waals surface area contributed by atoms with Crippen molar-refractivity contribution >= 4 is 27.4 Å². The van der Waals surface area contributed by atoms with Crippen LogP contribution in [0.5, 0.6) is 0 Å². The largest absolute Gasteiger partial charge is 0.298 e. The minimum Gasteiger partial charge on any atom is -0.298 e. The van der Waals surface area contributed by atoms with Crippen LogP contribution < -0.4 is 5.32 Å². The molecule has 1 N–H and O–H groups in total. The Hall–Kier alpha value is -2.08. The highest BCUT2D eigenvalue weighted by molar-refractivity contribution is 7.19. The average Bonchev–Trinajstić information content (AvgIpc) is 2.85. The second-order valence-electron chi connectivity index (χ2n) is 4.78. The van der Waals surface area contributed by atoms with Crippen LogP contribution >= 0.6 is 11.3 Å². The normalized spacial score (nSPS) is 10.6. The van der Waals surface area contributed by atoms with Gasteiger partial charge in [-0.3, -0.25) is 10.1 Å². The maximum atomic E-state index is 12.2. The number of nitrogens with zero attached hydrogens (tertiary/aromatic N) is 2. The predicted octanol–water partition coefficient (Wildman–Crippen LogP) is 4.23. The van der Waals surface area contributed by atoms with Gasteiger partial charge in [-0.05, 0) is 35.2 Å². The molecule has 20 heavy (non-hydrogen) atoms. The molecular formula is C14H15N3O2S. The summed E-state index contributed by atoms with van der Waals surface area (Å²) in [4.78, 5) is 26.4. The van der Waals surface area contributed by atoms with E-state index >= 15 is 0 Å². The molecule has 0 spiro atoms. The third-order valence-electron chi connectivity index (χ3n) is 2.97. The fourth-order valence-corrected chi connectivity index (χ4v) is 2.42. The fourth-order valence-electron chi connectivity index (χ4n) is 1.83. The molecule has 2 aromatic rings. The Bertz CT molecular complexity index is 650. The van der Waals surface area contributed by atoms with E-state index in [4.69, 9.17) is 0 Å². The quantitative estimate of drug-likeness (QED) is 0.856. The third kappa shape index (κ3) is 3.08. The predicted molar refractivity (Wildman–Crippen MR) is 80.8 cm³/mol. The van der Waals surface area contributed by atoms with Crippen LogP contribution in [-0.4, -0.2) is 10.9 Å². The van der Waals surface area contributed by atoms with Gasteiger partial charge in [-0.1, -0.05) is 37.3 Å². The van der Waals surface area contributed by atoms with Crippen molar-refractivity contribution in [3.63, 3.8) is 0 Å². The summed E-state index contributed by atoms with van der Waals surface area (Å²) in [7, 11) is 0. The van der Waals surface area contributed by atoms with E-state index in [2.05, 4.69) is 29.3 Å². The standard InChI is InChI=1S/C14H15N3O2S/c1-8(2)10-4-5-11(9(3)6-10)13(18)16-14-15-7-12(17-19)20-14/h4-8H,1-3H3,(H,15,16,18). The number of rotatable bonds is 4. The van der Waals surface area contributed by atoms with E-state index < -0.39 is 0 Å². The molecule has 0 saturated carbocycles. The highest BCUT2D eigenvalue weighted by Crippen LogP contribution is 2.26. The maximum absolute atomic E-state index is 12.2. The summed E-state index contributed by atoms with van der Waals surface area (Å²) in [5.41, 5.74) is 2.71. The van der Waals surface area contributed by atoms with Crippen molar-refractivity contribution in [3.8, 4) is 0 Å². The summed E-state index contributed by atoms with van der Waals surface area (Å²) >= 11 is 1.05. The number of benzene rings is 1. The zero-order valence-electron chi connectivity index (χ0n) is 11.5. The molecule has 0 bridgehead atoms. The van der Waals surface area contributed by atoms with E-state index in [0.717, 1.165) is 16.9 Å². The van der Waals surface area contributed by atoms with Crippen LogP contribution in [0, 0.1) is 11.8 Å². The number of anilines is 1. The Labute approximate surface area is 121 Å². The summed E-state index contributed by atoms with van der Waals surface area (Å²) in [6.07, 6.45) is 1.34. The van der Waals surface area contributed by atoms with Crippen LogP contribution in [0.1, 0.15) is 41.3 Å². The van der Waals surface area contributed by atoms with Crippen molar-refractivity contribution in [2.45, 2.75) is 26.7 Å². The number of hydrogen-bond donors (Lipinski definition) is 1. The molecule has 6 heteroatoms. The SMILES string of the molecule is Cc1cc(C(C)C)ccc1C(=O)Nc1ncc(N=O)s1. The Morgan fingerprint density at radius 3 is 2.70 bits per heavy atom. The molecule has 1 aromatic heterocycles. The highest BCUT2D eigenvalue weighted by Gasteiger charge is 2.12. The zero-order chi connectivity index (χ0) is 14.7. The summed E-state index contributed by atoms with van der Waals surface area (Å²) in [5.74, 6) is 0.190. The van der Waals surface area contributed by atoms with Crippen LogP contribution in [0.25, 0.3) is 0 Å². The molecule has 2 rings (SSSR count). The van der Waals surface area contributed by atoms with Crippen molar-refractivity contribution in [2.75, 3.05) is 5.32 Å². The lowest BCUT2D eigenvalue weighted by atomic mass is 9.98. The maximum Gasteiger partial charge on any atom is 0.257 e. The number of carbonyl (C=O) groups is 1. The van der Waals surface area contributed by atoms with Crippen LogP contribution in [0.2, 0.25) is 0 Å². The topological polar surface area (TPSA) is 71.4 Å². The van der Waals surface area contributed by atoms with Gasteiger partial charge in [0.2, 0.25) is 0 Å². The Kier molecular flexibility index (Phi) is 4.24. The van der Waals surface area contributed by atoms with Crippen molar-refractivity contribution in [1.29, 1.82) is 0 Å². The molecule has 1 amide bonds. The first-order valence-electron chi connectivity index (χ1n) is 6.22. The van der Waals surface area contributed by atoms with Gasteiger partial charge in [0, 0.05) is 5.56 Å². The van der Waals surface area contributed by atoms with E-state index in [-0.39, 0.29) is 10.9 Å². The van der Waals surface area contributed by atoms with E-state index in [1.165, 1.54) is 11.8 Å². The molecule has 1 heterocycles. The van der Waals surface area contributed by atoms with Crippen LogP contribution in [0.15, 0.2) is 29.6 Å². The molecule has 0 saturated heterocycles. The van der Waals surface area contributed by atoms with E-state index in [1.807, 2.05) is 25.1 Å². The molecule has 0 aliphatic heterocycles. The number of hydrogen-bond acceptors (Lipinski definition) is 5. The lowest BCUT2D eigenvalue weighted by molar-refractivity contribution is 0.102. The molecule has 0 fully saturated rings. The average molecular weight is 289 g/mol. The van der Waals surface area contributed by atoms with Crippen LogP contribution in [-0.2, 0) is 0 Å². The van der Waals surface area contributed by atoms with Gasteiger partial charge in [0.05, 0.1) is 6.20 Å². The Morgan fingerprint density at radius 2 is 2.15 bits per heavy atom. The smallest absolute Gasteiger partial charge is 0.257 e. The number of nitrogens with one attached hydrogen (secondary N) is 1. The molecule has 0 aliphatic rings. The first kappa shape index (κ1) is 14.3. The number of aromatic nitrogens is 1. The monoisotopic (exact) mass is 289 g/mol. The Morgan fingerprint density at radius 1 is 1.40 bits per heavy atom. The van der Waals surface area contributed by atoms with Gasteiger partial charge in [-0.15, -0.1) is 4.91 Å². The molecular weight excluding hydrogens is 274 g/mol. The number of amides is 1. The highest BCUT2D eigenvalue weighted by atomic mass is 32.1. The van der Waals surface area contributed by atoms with E-state index in [0.29, 0.717) is 16.6 Å². The van der Waals surface area contributed by atoms with Gasteiger partial charge < -0.3 is 0 Å². The second-order valence-corrected chi connectivity index (χ2v) is 5.79. The summed E-state index contributed by atoms with van der Waals surface area (Å²) in [6, 6.07) is 5.78. The first-order valence-corrected chi connectivity index (χ1v) is 7.04. The number of nitroso groups, excluding NO2 is 1. The third-order valence-corrected chi connectivity index (χ3v) is 3.76. The van der Waals surface area contributed by atoms with Crippen molar-refractivity contribution in [1.82, 2.24) is 4.98 Å². The van der Waals surface area contributed by atoms with Crippen molar-refractivity contribution < 1.29 is 4.79 Å². The van der Waals surface area contributed by atoms with Gasteiger partial charge in [0.25, 0.3) is 5.91 Å². The first-order chi connectivity index (χ1) is 9.51. The van der Waals surface area contributed by atoms with Crippen molar-refractivity contribution in [3.05, 3.63) is 46.0 Å². The molecule has 1 aromatic carbocycles. The van der Waals surface area contributed by atoms with E-state index in [9.17, 15) is 9.70 Å². The molecule has 0 atom stereocenters. The van der Waals surface area contributed by atoms with Crippen molar-refractivity contribution in [2.24, 2.45) is 5.18 Å². The number of aryl methyl sites for hydroxylation is 1. The molecule has 5 nitrogen and oxygen atoms in total. The van der Waals surface area contributed by atoms with Crippen LogP contribution in [0.3, 0.4) is 0 Å².